The van der Waals surface area contributed by atoms with Crippen molar-refractivity contribution in [1.82, 2.24) is 16.0 Å². The third-order valence-electron chi connectivity index (χ3n) is 3.13. The molecule has 3 N–H and O–H groups in total. The second kappa shape index (κ2) is 9.99. The number of hydrogen-bond donors (Lipinski definition) is 3. The minimum atomic E-state index is 0. The molecule has 1 amide bonds. The van der Waals surface area contributed by atoms with Crippen molar-refractivity contribution in [2.24, 2.45) is 10.9 Å². The standard InChI is InChI=1S/C14H22N4OS.HI/c1-15-14(17-7-6-12-3-2-10-20-12)18-9-8-16-13(19)11-4-5-11;/h2-3,10-11H,4-9H2,1H3,(H,16,19)(H2,15,17,18);1H. The van der Waals surface area contributed by atoms with Crippen LogP contribution in [0.3, 0.4) is 0 Å². The second-order valence-electron chi connectivity index (χ2n) is 4.82. The van der Waals surface area contributed by atoms with Gasteiger partial charge in [0.1, 0.15) is 0 Å². The summed E-state index contributed by atoms with van der Waals surface area (Å²) in [5, 5.41) is 11.5. The number of amides is 1. The third-order valence-corrected chi connectivity index (χ3v) is 4.07. The smallest absolute Gasteiger partial charge is 0.223 e. The third kappa shape index (κ3) is 7.12. The van der Waals surface area contributed by atoms with Gasteiger partial charge in [-0.25, -0.2) is 0 Å². The Morgan fingerprint density at radius 2 is 2.00 bits per heavy atom. The normalized spacial score (nSPS) is 14.2. The predicted molar refractivity (Wildman–Crippen MR) is 98.5 cm³/mol. The van der Waals surface area contributed by atoms with Gasteiger partial charge in [-0.05, 0) is 30.7 Å². The van der Waals surface area contributed by atoms with Crippen LogP contribution < -0.4 is 16.0 Å². The van der Waals surface area contributed by atoms with Crippen molar-refractivity contribution < 1.29 is 4.79 Å². The summed E-state index contributed by atoms with van der Waals surface area (Å²) >= 11 is 1.77. The number of hydrogen-bond acceptors (Lipinski definition) is 3. The molecule has 0 unspecified atom stereocenters. The highest BCUT2D eigenvalue weighted by atomic mass is 127. The Morgan fingerprint density at radius 1 is 1.29 bits per heavy atom. The van der Waals surface area contributed by atoms with Gasteiger partial charge in [-0.3, -0.25) is 9.79 Å². The molecule has 118 valence electrons. The molecule has 7 heteroatoms. The Hall–Kier alpha value is -0.830. The lowest BCUT2D eigenvalue weighted by Gasteiger charge is -2.11. The van der Waals surface area contributed by atoms with Crippen LogP contribution in [0, 0.1) is 5.92 Å². The van der Waals surface area contributed by atoms with E-state index in [1.807, 2.05) is 0 Å². The van der Waals surface area contributed by atoms with E-state index >= 15 is 0 Å². The quantitative estimate of drug-likeness (QED) is 0.271. The summed E-state index contributed by atoms with van der Waals surface area (Å²) in [5.41, 5.74) is 0. The van der Waals surface area contributed by atoms with Crippen LogP contribution in [-0.2, 0) is 11.2 Å². The molecule has 1 saturated carbocycles. The Morgan fingerprint density at radius 3 is 2.62 bits per heavy atom. The number of thiophene rings is 1. The van der Waals surface area contributed by atoms with Gasteiger partial charge in [-0.15, -0.1) is 35.3 Å². The van der Waals surface area contributed by atoms with E-state index in [0.717, 1.165) is 31.8 Å². The van der Waals surface area contributed by atoms with Gasteiger partial charge in [0.05, 0.1) is 0 Å². The average molecular weight is 422 g/mol. The van der Waals surface area contributed by atoms with Crippen molar-refractivity contribution in [2.45, 2.75) is 19.3 Å². The summed E-state index contributed by atoms with van der Waals surface area (Å²) in [5.74, 6) is 1.24. The van der Waals surface area contributed by atoms with E-state index in [9.17, 15) is 4.79 Å². The van der Waals surface area contributed by atoms with Crippen molar-refractivity contribution in [3.05, 3.63) is 22.4 Å². The molecule has 0 spiro atoms. The highest BCUT2D eigenvalue weighted by Gasteiger charge is 2.28. The van der Waals surface area contributed by atoms with Crippen LogP contribution in [-0.4, -0.2) is 38.5 Å². The van der Waals surface area contributed by atoms with Gasteiger partial charge in [0.25, 0.3) is 0 Å². The Bertz CT molecular complexity index is 446. The molecule has 0 atom stereocenters. The van der Waals surface area contributed by atoms with Crippen LogP contribution >= 0.6 is 35.3 Å². The summed E-state index contributed by atoms with van der Waals surface area (Å²) < 4.78 is 0. The van der Waals surface area contributed by atoms with Crippen LogP contribution in [0.4, 0.5) is 0 Å². The second-order valence-corrected chi connectivity index (χ2v) is 5.85. The van der Waals surface area contributed by atoms with E-state index < -0.39 is 0 Å². The van der Waals surface area contributed by atoms with Crippen LogP contribution in [0.15, 0.2) is 22.5 Å². The summed E-state index contributed by atoms with van der Waals surface area (Å²) in [6.07, 6.45) is 3.09. The van der Waals surface area contributed by atoms with E-state index in [1.54, 1.807) is 18.4 Å². The Kier molecular flexibility index (Phi) is 8.67. The molecule has 1 aliphatic carbocycles. The highest BCUT2D eigenvalue weighted by Crippen LogP contribution is 2.28. The fraction of sp³-hybridized carbons (Fsp3) is 0.571. The lowest BCUT2D eigenvalue weighted by molar-refractivity contribution is -0.122. The maximum Gasteiger partial charge on any atom is 0.223 e. The summed E-state index contributed by atoms with van der Waals surface area (Å²) in [4.78, 5) is 17.0. The minimum Gasteiger partial charge on any atom is -0.356 e. The number of nitrogens with zero attached hydrogens (tertiary/aromatic N) is 1. The molecule has 1 aromatic rings. The topological polar surface area (TPSA) is 65.5 Å². The lowest BCUT2D eigenvalue weighted by atomic mass is 10.3. The molecule has 1 aliphatic rings. The minimum absolute atomic E-state index is 0. The van der Waals surface area contributed by atoms with Gasteiger partial charge in [-0.1, -0.05) is 6.07 Å². The Balaban J connectivity index is 0.00000220. The van der Waals surface area contributed by atoms with Gasteiger partial charge in [0.2, 0.25) is 5.91 Å². The summed E-state index contributed by atoms with van der Waals surface area (Å²) in [6, 6.07) is 4.20. The summed E-state index contributed by atoms with van der Waals surface area (Å²) in [6.45, 7) is 2.19. The Labute approximate surface area is 147 Å². The molecule has 1 heterocycles. The predicted octanol–water partition coefficient (Wildman–Crippen LogP) is 1.60. The molecule has 1 aromatic heterocycles. The zero-order valence-corrected chi connectivity index (χ0v) is 15.4. The maximum absolute atomic E-state index is 11.4. The number of guanidine groups is 1. The highest BCUT2D eigenvalue weighted by molar-refractivity contribution is 14.0. The molecular weight excluding hydrogens is 399 g/mol. The van der Waals surface area contributed by atoms with E-state index in [1.165, 1.54) is 4.88 Å². The zero-order valence-electron chi connectivity index (χ0n) is 12.2. The number of carbonyl (C=O) groups is 1. The summed E-state index contributed by atoms with van der Waals surface area (Å²) in [7, 11) is 1.75. The van der Waals surface area contributed by atoms with Gasteiger partial charge in [-0.2, -0.15) is 0 Å². The monoisotopic (exact) mass is 422 g/mol. The number of carbonyl (C=O) groups excluding carboxylic acids is 1. The van der Waals surface area contributed by atoms with Crippen molar-refractivity contribution >= 4 is 47.2 Å². The molecule has 0 saturated heterocycles. The van der Waals surface area contributed by atoms with Gasteiger partial charge in [0, 0.05) is 37.5 Å². The lowest BCUT2D eigenvalue weighted by Crippen LogP contribution is -2.42. The van der Waals surface area contributed by atoms with Crippen LogP contribution in [0.1, 0.15) is 17.7 Å². The van der Waals surface area contributed by atoms with E-state index in [4.69, 9.17) is 0 Å². The fourth-order valence-electron chi connectivity index (χ4n) is 1.84. The van der Waals surface area contributed by atoms with Crippen LogP contribution in [0.25, 0.3) is 0 Å². The molecule has 1 fully saturated rings. The zero-order chi connectivity index (χ0) is 14.2. The SMILES string of the molecule is CN=C(NCCNC(=O)C1CC1)NCCc1cccs1.I. The first kappa shape index (κ1) is 18.2. The number of aliphatic imine (C=N–C) groups is 1. The van der Waals surface area contributed by atoms with Gasteiger partial charge >= 0.3 is 0 Å². The molecule has 5 nitrogen and oxygen atoms in total. The van der Waals surface area contributed by atoms with Crippen molar-refractivity contribution in [2.75, 3.05) is 26.7 Å². The van der Waals surface area contributed by atoms with Crippen molar-refractivity contribution in [1.29, 1.82) is 0 Å². The number of halogens is 1. The average Bonchev–Trinajstić information content (AvgIpc) is 3.19. The first-order chi connectivity index (χ1) is 9.79. The molecule has 21 heavy (non-hydrogen) atoms. The fourth-order valence-corrected chi connectivity index (χ4v) is 2.54. The molecule has 0 aromatic carbocycles. The van der Waals surface area contributed by atoms with Crippen molar-refractivity contribution in [3.63, 3.8) is 0 Å². The number of rotatable bonds is 7. The van der Waals surface area contributed by atoms with Gasteiger partial charge < -0.3 is 16.0 Å². The largest absolute Gasteiger partial charge is 0.356 e. The molecule has 0 bridgehead atoms. The molecule has 2 rings (SSSR count). The van der Waals surface area contributed by atoms with Crippen LogP contribution in [0.2, 0.25) is 0 Å². The number of nitrogens with one attached hydrogen (secondary N) is 3. The van der Waals surface area contributed by atoms with E-state index in [-0.39, 0.29) is 35.8 Å². The van der Waals surface area contributed by atoms with E-state index in [2.05, 4.69) is 38.5 Å². The van der Waals surface area contributed by atoms with Crippen molar-refractivity contribution in [3.8, 4) is 0 Å². The van der Waals surface area contributed by atoms with E-state index in [0.29, 0.717) is 13.1 Å². The first-order valence-electron chi connectivity index (χ1n) is 7.04. The molecule has 0 aliphatic heterocycles. The van der Waals surface area contributed by atoms with Crippen LogP contribution in [0.5, 0.6) is 0 Å². The van der Waals surface area contributed by atoms with Gasteiger partial charge in [0.15, 0.2) is 5.96 Å². The molecular formula is C14H23IN4OS. The molecule has 0 radical (unpaired) electrons. The first-order valence-corrected chi connectivity index (χ1v) is 7.92. The maximum atomic E-state index is 11.4.